The van der Waals surface area contributed by atoms with Crippen LogP contribution >= 0.6 is 7.34 Å². The van der Waals surface area contributed by atoms with E-state index in [1.54, 1.807) is 14.2 Å². The van der Waals surface area contributed by atoms with Gasteiger partial charge in [0.25, 0.3) is 0 Å². The van der Waals surface area contributed by atoms with E-state index in [2.05, 4.69) is 54.6 Å². The van der Waals surface area contributed by atoms with Crippen LogP contribution in [0.3, 0.4) is 0 Å². The average Bonchev–Trinajstić information content (AvgIpc) is 2.60. The van der Waals surface area contributed by atoms with Gasteiger partial charge in [0.1, 0.15) is 7.34 Å². The summed E-state index contributed by atoms with van der Waals surface area (Å²) < 4.78 is 10.8. The van der Waals surface area contributed by atoms with Gasteiger partial charge in [-0.3, -0.25) is 4.98 Å². The van der Waals surface area contributed by atoms with Crippen molar-refractivity contribution in [3.8, 4) is 11.3 Å². The molecule has 3 nitrogen and oxygen atoms in total. The second-order valence-electron chi connectivity index (χ2n) is 5.26. The van der Waals surface area contributed by atoms with Crippen molar-refractivity contribution in [2.45, 2.75) is 19.8 Å². The Labute approximate surface area is 133 Å². The van der Waals surface area contributed by atoms with Crippen molar-refractivity contribution in [1.82, 2.24) is 4.98 Å². The second-order valence-corrected chi connectivity index (χ2v) is 8.06. The largest absolute Gasteiger partial charge is 0.341 e. The summed E-state index contributed by atoms with van der Waals surface area (Å²) in [5, 5.41) is 0. The molecule has 0 amide bonds. The molecule has 0 atom stereocenters. The summed E-state index contributed by atoms with van der Waals surface area (Å²) in [6.07, 6.45) is 8.70. The number of pyridine rings is 1. The van der Waals surface area contributed by atoms with E-state index >= 15 is 0 Å². The average molecular weight is 317 g/mol. The Morgan fingerprint density at radius 2 is 1.64 bits per heavy atom. The third-order valence-electron chi connectivity index (χ3n) is 3.89. The van der Waals surface area contributed by atoms with Crippen LogP contribution in [-0.4, -0.2) is 31.7 Å². The zero-order chi connectivity index (χ0) is 16.0. The molecule has 0 saturated carbocycles. The number of benzene rings is 1. The standard InChI is InChI=1S/C18H24NO2P/c1-5-15-6-9-17(10-7-15)18-11-8-16(14-19-18)12-13-22(4,20-2)21-3/h6-11,14H,4-5,12-13H2,1-3H3. The Kier molecular flexibility index (Phi) is 5.96. The molecule has 4 heteroatoms. The topological polar surface area (TPSA) is 31.4 Å². The Morgan fingerprint density at radius 1 is 1.00 bits per heavy atom. The van der Waals surface area contributed by atoms with E-state index in [4.69, 9.17) is 9.05 Å². The van der Waals surface area contributed by atoms with Crippen LogP contribution in [0.5, 0.6) is 0 Å². The van der Waals surface area contributed by atoms with Crippen molar-refractivity contribution < 1.29 is 9.05 Å². The number of nitrogens with zero attached hydrogens (tertiary/aromatic N) is 1. The number of aromatic nitrogens is 1. The summed E-state index contributed by atoms with van der Waals surface area (Å²) in [6.45, 7) is 2.16. The Balaban J connectivity index is 2.05. The molecule has 118 valence electrons. The number of aryl methyl sites for hydroxylation is 2. The minimum atomic E-state index is -1.95. The van der Waals surface area contributed by atoms with Gasteiger partial charge in [-0.2, -0.15) is 0 Å². The van der Waals surface area contributed by atoms with Crippen LogP contribution in [0, 0.1) is 0 Å². The molecule has 22 heavy (non-hydrogen) atoms. The summed E-state index contributed by atoms with van der Waals surface area (Å²) in [5.74, 6) is 0. The van der Waals surface area contributed by atoms with Crippen LogP contribution in [0.15, 0.2) is 42.6 Å². The minimum absolute atomic E-state index is 0.798. The van der Waals surface area contributed by atoms with Crippen LogP contribution in [0.1, 0.15) is 18.1 Å². The highest BCUT2D eigenvalue weighted by atomic mass is 31.2. The van der Waals surface area contributed by atoms with Gasteiger partial charge in [-0.15, -0.1) is 0 Å². The molecule has 1 aromatic heterocycles. The monoisotopic (exact) mass is 317 g/mol. The summed E-state index contributed by atoms with van der Waals surface area (Å²) in [6, 6.07) is 12.8. The number of rotatable bonds is 7. The molecule has 0 aliphatic carbocycles. The van der Waals surface area contributed by atoms with Crippen molar-refractivity contribution in [2.24, 2.45) is 0 Å². The fourth-order valence-corrected chi connectivity index (χ4v) is 3.32. The molecule has 0 radical (unpaired) electrons. The molecule has 2 rings (SSSR count). The van der Waals surface area contributed by atoms with Crippen LogP contribution in [0.2, 0.25) is 0 Å². The summed E-state index contributed by atoms with van der Waals surface area (Å²) in [5.41, 5.74) is 4.67. The molecule has 1 aromatic carbocycles. The van der Waals surface area contributed by atoms with E-state index in [1.165, 1.54) is 11.1 Å². The maximum Gasteiger partial charge on any atom is 0.116 e. The van der Waals surface area contributed by atoms with Crippen LogP contribution in [-0.2, 0) is 21.9 Å². The van der Waals surface area contributed by atoms with E-state index in [9.17, 15) is 0 Å². The van der Waals surface area contributed by atoms with E-state index in [1.807, 2.05) is 6.20 Å². The van der Waals surface area contributed by atoms with Gasteiger partial charge < -0.3 is 9.05 Å². The lowest BCUT2D eigenvalue weighted by atomic mass is 10.1. The lowest BCUT2D eigenvalue weighted by Crippen LogP contribution is -1.99. The highest BCUT2D eigenvalue weighted by molar-refractivity contribution is 7.64. The third kappa shape index (κ3) is 4.30. The fraction of sp³-hybridized carbons (Fsp3) is 0.333. The van der Waals surface area contributed by atoms with Crippen LogP contribution < -0.4 is 0 Å². The third-order valence-corrected chi connectivity index (χ3v) is 6.13. The fourth-order valence-electron chi connectivity index (χ4n) is 2.21. The van der Waals surface area contributed by atoms with Gasteiger partial charge in [0.15, 0.2) is 0 Å². The predicted molar refractivity (Wildman–Crippen MR) is 95.7 cm³/mol. The quantitative estimate of drug-likeness (QED) is 0.708. The number of hydrogen-bond donors (Lipinski definition) is 0. The minimum Gasteiger partial charge on any atom is -0.341 e. The van der Waals surface area contributed by atoms with Crippen molar-refractivity contribution in [1.29, 1.82) is 0 Å². The predicted octanol–water partition coefficient (Wildman–Crippen LogP) is 4.43. The summed E-state index contributed by atoms with van der Waals surface area (Å²) in [4.78, 5) is 4.57. The molecular weight excluding hydrogens is 293 g/mol. The van der Waals surface area contributed by atoms with Gasteiger partial charge >= 0.3 is 0 Å². The first-order valence-electron chi connectivity index (χ1n) is 7.48. The van der Waals surface area contributed by atoms with Gasteiger partial charge in [0, 0.05) is 32.1 Å². The first kappa shape index (κ1) is 17.0. The molecule has 0 spiro atoms. The number of hydrogen-bond acceptors (Lipinski definition) is 3. The van der Waals surface area contributed by atoms with E-state index in [0.717, 1.165) is 30.3 Å². The highest BCUT2D eigenvalue weighted by Gasteiger charge is 2.12. The second kappa shape index (κ2) is 7.73. The lowest BCUT2D eigenvalue weighted by Gasteiger charge is -2.19. The van der Waals surface area contributed by atoms with Crippen molar-refractivity contribution in [3.05, 3.63) is 53.7 Å². The SMILES string of the molecule is C=P(CCc1ccc(-c2ccc(CC)cc2)nc1)(OC)OC. The maximum atomic E-state index is 5.38. The van der Waals surface area contributed by atoms with Gasteiger partial charge in [0.05, 0.1) is 5.69 Å². The van der Waals surface area contributed by atoms with Gasteiger partial charge in [-0.25, -0.2) is 0 Å². The van der Waals surface area contributed by atoms with Gasteiger partial charge in [-0.1, -0.05) is 43.6 Å². The molecular formula is C18H24NO2P. The van der Waals surface area contributed by atoms with E-state index in [0.29, 0.717) is 0 Å². The first-order chi connectivity index (χ1) is 10.6. The van der Waals surface area contributed by atoms with Crippen LogP contribution in [0.4, 0.5) is 0 Å². The summed E-state index contributed by atoms with van der Waals surface area (Å²) in [7, 11) is 1.36. The molecule has 0 unspecified atom stereocenters. The Morgan fingerprint density at radius 3 is 2.14 bits per heavy atom. The van der Waals surface area contributed by atoms with Gasteiger partial charge in [0.2, 0.25) is 0 Å². The Hall–Kier alpha value is -1.41. The lowest BCUT2D eigenvalue weighted by molar-refractivity contribution is 0.335. The Bertz CT molecular complexity index is 627. The molecule has 0 aliphatic heterocycles. The molecule has 0 fully saturated rings. The van der Waals surface area contributed by atoms with E-state index in [-0.39, 0.29) is 0 Å². The first-order valence-corrected chi connectivity index (χ1v) is 9.48. The molecule has 0 saturated heterocycles. The molecule has 2 aromatic rings. The molecule has 1 heterocycles. The zero-order valence-electron chi connectivity index (χ0n) is 13.6. The van der Waals surface area contributed by atoms with E-state index < -0.39 is 7.34 Å². The highest BCUT2D eigenvalue weighted by Crippen LogP contribution is 2.45. The maximum absolute atomic E-state index is 5.38. The normalized spacial score (nSPS) is 11.6. The van der Waals surface area contributed by atoms with Crippen molar-refractivity contribution in [2.75, 3.05) is 20.4 Å². The molecule has 0 bridgehead atoms. The van der Waals surface area contributed by atoms with Crippen molar-refractivity contribution >= 4 is 13.6 Å². The van der Waals surface area contributed by atoms with Crippen LogP contribution in [0.25, 0.3) is 11.3 Å². The zero-order valence-corrected chi connectivity index (χ0v) is 14.5. The van der Waals surface area contributed by atoms with Crippen molar-refractivity contribution in [3.63, 3.8) is 0 Å². The smallest absolute Gasteiger partial charge is 0.116 e. The molecule has 0 aliphatic rings. The molecule has 0 N–H and O–H groups in total. The summed E-state index contributed by atoms with van der Waals surface area (Å²) >= 11 is 0. The van der Waals surface area contributed by atoms with Gasteiger partial charge in [-0.05, 0) is 30.0 Å².